The molecule has 1 aliphatic rings. The van der Waals surface area contributed by atoms with Gasteiger partial charge in [-0.2, -0.15) is 0 Å². The minimum Gasteiger partial charge on any atom is -0.326 e. The van der Waals surface area contributed by atoms with Crippen LogP contribution < -0.4 is 16.2 Å². The predicted octanol–water partition coefficient (Wildman–Crippen LogP) is 4.79. The normalized spacial score (nSPS) is 17.6. The number of pyridine rings is 1. The Hall–Kier alpha value is -3.71. The molecule has 1 saturated carbocycles. The van der Waals surface area contributed by atoms with Crippen LogP contribution in [0.15, 0.2) is 83.8 Å². The Bertz CT molecular complexity index is 1290. The first kappa shape index (κ1) is 22.5. The zero-order valence-electron chi connectivity index (χ0n) is 17.6. The molecule has 1 fully saturated rings. The summed E-state index contributed by atoms with van der Waals surface area (Å²) in [6, 6.07) is 15.4. The van der Waals surface area contributed by atoms with E-state index in [2.05, 4.69) is 17.2 Å². The van der Waals surface area contributed by atoms with Crippen LogP contribution in [0.1, 0.15) is 12.8 Å². The van der Waals surface area contributed by atoms with E-state index in [9.17, 15) is 18.8 Å². The maximum absolute atomic E-state index is 14.7. The van der Waals surface area contributed by atoms with Gasteiger partial charge in [-0.25, -0.2) is 4.39 Å². The molecule has 0 spiro atoms. The number of allylic oxidation sites excluding steroid dienone is 1. The summed E-state index contributed by atoms with van der Waals surface area (Å²) in [4.78, 5) is 37.8. The standard InChI is InChI=1S/C25H21ClFN3O3/c1-15-12-19(24(32)28-17-7-5-16(26)6-8-17)20(13-15)25(33)29-22-10-9-18(14-21(22)27)30-11-3-2-4-23(30)31/h2-11,14,19-20H,1,12-13H2,(H,28,32)(H,29,33)/t19-,20+/m1/s1. The molecule has 8 heteroatoms. The van der Waals surface area contributed by atoms with E-state index in [1.807, 2.05) is 0 Å². The third-order valence-corrected chi connectivity index (χ3v) is 5.85. The van der Waals surface area contributed by atoms with Crippen LogP contribution in [-0.2, 0) is 9.59 Å². The second-order valence-electron chi connectivity index (χ2n) is 7.93. The molecular formula is C25H21ClFN3O3. The van der Waals surface area contributed by atoms with Crippen LogP contribution in [0.3, 0.4) is 0 Å². The quantitative estimate of drug-likeness (QED) is 0.532. The van der Waals surface area contributed by atoms with E-state index in [1.54, 1.807) is 42.5 Å². The summed E-state index contributed by atoms with van der Waals surface area (Å²) in [7, 11) is 0. The van der Waals surface area contributed by atoms with Crippen LogP contribution in [0.25, 0.3) is 5.69 Å². The number of aromatic nitrogens is 1. The number of benzene rings is 2. The molecule has 1 aliphatic carbocycles. The van der Waals surface area contributed by atoms with E-state index >= 15 is 0 Å². The Balaban J connectivity index is 1.49. The van der Waals surface area contributed by atoms with E-state index in [-0.39, 0.29) is 17.2 Å². The second-order valence-corrected chi connectivity index (χ2v) is 8.37. The monoisotopic (exact) mass is 465 g/mol. The fraction of sp³-hybridized carbons (Fsp3) is 0.160. The molecule has 0 radical (unpaired) electrons. The maximum Gasteiger partial charge on any atom is 0.255 e. The van der Waals surface area contributed by atoms with Gasteiger partial charge in [0.25, 0.3) is 5.56 Å². The highest BCUT2D eigenvalue weighted by Gasteiger charge is 2.39. The number of hydrogen-bond donors (Lipinski definition) is 2. The molecule has 1 heterocycles. The molecule has 2 N–H and O–H groups in total. The zero-order chi connectivity index (χ0) is 23.5. The Kier molecular flexibility index (Phi) is 6.42. The Morgan fingerprint density at radius 3 is 2.27 bits per heavy atom. The number of nitrogens with one attached hydrogen (secondary N) is 2. The summed E-state index contributed by atoms with van der Waals surface area (Å²) in [5, 5.41) is 5.93. The van der Waals surface area contributed by atoms with Crippen LogP contribution in [0.4, 0.5) is 15.8 Å². The van der Waals surface area contributed by atoms with Crippen molar-refractivity contribution in [1.29, 1.82) is 0 Å². The number of carbonyl (C=O) groups is 2. The van der Waals surface area contributed by atoms with Crippen molar-refractivity contribution in [2.24, 2.45) is 11.8 Å². The zero-order valence-corrected chi connectivity index (χ0v) is 18.3. The average molecular weight is 466 g/mol. The van der Waals surface area contributed by atoms with Gasteiger partial charge in [0.05, 0.1) is 23.2 Å². The number of carbonyl (C=O) groups excluding carboxylic acids is 2. The van der Waals surface area contributed by atoms with E-state index < -0.39 is 23.6 Å². The lowest BCUT2D eigenvalue weighted by atomic mass is 9.94. The van der Waals surface area contributed by atoms with Crippen molar-refractivity contribution >= 4 is 34.8 Å². The smallest absolute Gasteiger partial charge is 0.255 e. The Morgan fingerprint density at radius 2 is 1.64 bits per heavy atom. The Morgan fingerprint density at radius 1 is 0.970 bits per heavy atom. The average Bonchev–Trinajstić information content (AvgIpc) is 3.19. The first-order valence-corrected chi connectivity index (χ1v) is 10.7. The van der Waals surface area contributed by atoms with Gasteiger partial charge >= 0.3 is 0 Å². The highest BCUT2D eigenvalue weighted by molar-refractivity contribution is 6.30. The van der Waals surface area contributed by atoms with Crippen molar-refractivity contribution in [2.75, 3.05) is 10.6 Å². The van der Waals surface area contributed by atoms with Crippen molar-refractivity contribution in [2.45, 2.75) is 12.8 Å². The van der Waals surface area contributed by atoms with Crippen molar-refractivity contribution < 1.29 is 14.0 Å². The summed E-state index contributed by atoms with van der Waals surface area (Å²) >= 11 is 5.88. The minimum atomic E-state index is -0.685. The van der Waals surface area contributed by atoms with Crippen LogP contribution in [0.2, 0.25) is 5.02 Å². The van der Waals surface area contributed by atoms with Crippen LogP contribution in [-0.4, -0.2) is 16.4 Å². The third-order valence-electron chi connectivity index (χ3n) is 5.60. The van der Waals surface area contributed by atoms with E-state index in [0.717, 1.165) is 5.57 Å². The fourth-order valence-corrected chi connectivity index (χ4v) is 4.06. The molecule has 0 aliphatic heterocycles. The van der Waals surface area contributed by atoms with Crippen LogP contribution >= 0.6 is 11.6 Å². The number of halogens is 2. The molecule has 4 rings (SSSR count). The van der Waals surface area contributed by atoms with Gasteiger partial charge in [0.15, 0.2) is 0 Å². The fourth-order valence-electron chi connectivity index (χ4n) is 3.93. The van der Waals surface area contributed by atoms with Gasteiger partial charge in [-0.15, -0.1) is 0 Å². The number of anilines is 2. The SMILES string of the molecule is C=C1C[C@H](C(=O)Nc2ccc(-n3ccccc3=O)cc2F)[C@H](C(=O)Nc2ccc(Cl)cc2)C1. The summed E-state index contributed by atoms with van der Waals surface area (Å²) < 4.78 is 16.0. The second kappa shape index (κ2) is 9.42. The van der Waals surface area contributed by atoms with Crippen molar-refractivity contribution in [3.05, 3.63) is 100 Å². The molecule has 2 aromatic carbocycles. The minimum absolute atomic E-state index is 0.0258. The van der Waals surface area contributed by atoms with E-state index in [0.29, 0.717) is 29.2 Å². The molecule has 0 saturated heterocycles. The van der Waals surface area contributed by atoms with Crippen LogP contribution in [0.5, 0.6) is 0 Å². The van der Waals surface area contributed by atoms with Crippen molar-refractivity contribution in [3.63, 3.8) is 0 Å². The van der Waals surface area contributed by atoms with E-state index in [4.69, 9.17) is 11.6 Å². The highest BCUT2D eigenvalue weighted by Crippen LogP contribution is 2.37. The molecule has 3 aromatic rings. The van der Waals surface area contributed by atoms with Gasteiger partial charge < -0.3 is 10.6 Å². The largest absolute Gasteiger partial charge is 0.326 e. The van der Waals surface area contributed by atoms with Gasteiger partial charge in [0.2, 0.25) is 11.8 Å². The number of amides is 2. The molecule has 168 valence electrons. The summed E-state index contributed by atoms with van der Waals surface area (Å²) in [6.07, 6.45) is 2.24. The van der Waals surface area contributed by atoms with Crippen molar-refractivity contribution in [3.8, 4) is 5.69 Å². The van der Waals surface area contributed by atoms with Gasteiger partial charge in [0.1, 0.15) is 5.82 Å². The maximum atomic E-state index is 14.7. The third kappa shape index (κ3) is 5.04. The lowest BCUT2D eigenvalue weighted by Crippen LogP contribution is -2.33. The first-order valence-electron chi connectivity index (χ1n) is 10.3. The number of nitrogens with zero attached hydrogens (tertiary/aromatic N) is 1. The Labute approximate surface area is 194 Å². The highest BCUT2D eigenvalue weighted by atomic mass is 35.5. The van der Waals surface area contributed by atoms with Gasteiger partial charge in [-0.1, -0.05) is 29.8 Å². The molecule has 0 unspecified atom stereocenters. The lowest BCUT2D eigenvalue weighted by molar-refractivity contribution is -0.128. The van der Waals surface area contributed by atoms with Gasteiger partial charge in [0, 0.05) is 29.0 Å². The summed E-state index contributed by atoms with van der Waals surface area (Å²) in [5.74, 6) is -2.77. The van der Waals surface area contributed by atoms with E-state index in [1.165, 1.54) is 29.0 Å². The summed E-state index contributed by atoms with van der Waals surface area (Å²) in [6.45, 7) is 3.93. The number of hydrogen-bond acceptors (Lipinski definition) is 3. The number of rotatable bonds is 5. The van der Waals surface area contributed by atoms with Gasteiger partial charge in [-0.05, 0) is 55.3 Å². The van der Waals surface area contributed by atoms with Crippen molar-refractivity contribution in [1.82, 2.24) is 4.57 Å². The molecule has 1 aromatic heterocycles. The molecule has 2 atom stereocenters. The van der Waals surface area contributed by atoms with Crippen LogP contribution in [0, 0.1) is 17.7 Å². The molecular weight excluding hydrogens is 445 g/mol. The lowest BCUT2D eigenvalue weighted by Gasteiger charge is -2.19. The molecule has 2 amide bonds. The summed E-state index contributed by atoms with van der Waals surface area (Å²) in [5.41, 5.74) is 1.37. The first-order chi connectivity index (χ1) is 15.8. The molecule has 0 bridgehead atoms. The predicted molar refractivity (Wildman–Crippen MR) is 126 cm³/mol. The van der Waals surface area contributed by atoms with Gasteiger partial charge in [-0.3, -0.25) is 19.0 Å². The molecule has 6 nitrogen and oxygen atoms in total. The molecule has 33 heavy (non-hydrogen) atoms. The topological polar surface area (TPSA) is 80.2 Å².